The summed E-state index contributed by atoms with van der Waals surface area (Å²) in [5.41, 5.74) is -0.236. The Balaban J connectivity index is 0.000000180. The van der Waals surface area contributed by atoms with Crippen molar-refractivity contribution in [3.05, 3.63) is 90.6 Å². The lowest BCUT2D eigenvalue weighted by Crippen LogP contribution is -2.04. The minimum atomic E-state index is -0.156. The predicted molar refractivity (Wildman–Crippen MR) is 111 cm³/mol. The summed E-state index contributed by atoms with van der Waals surface area (Å²) in [7, 11) is 0. The van der Waals surface area contributed by atoms with Crippen molar-refractivity contribution in [3.8, 4) is 0 Å². The topological polar surface area (TPSA) is 65.7 Å². The van der Waals surface area contributed by atoms with Crippen LogP contribution in [0.25, 0.3) is 21.5 Å². The second-order valence-corrected chi connectivity index (χ2v) is 6.47. The molecule has 134 valence electrons. The van der Waals surface area contributed by atoms with E-state index in [9.17, 15) is 9.59 Å². The van der Waals surface area contributed by atoms with E-state index in [4.69, 9.17) is 34.8 Å². The molecule has 7 heteroatoms. The van der Waals surface area contributed by atoms with Gasteiger partial charge in [-0.3, -0.25) is 9.59 Å². The minimum Gasteiger partial charge on any atom is -0.329 e. The summed E-state index contributed by atoms with van der Waals surface area (Å²) in [5, 5.41) is 4.48. The zero-order chi connectivity index (χ0) is 18.0. The Morgan fingerprint density at radius 3 is 2.04 bits per heavy atom. The van der Waals surface area contributed by atoms with Crippen molar-refractivity contribution in [3.63, 3.8) is 0 Å². The maximum absolute atomic E-state index is 11.3. The van der Waals surface area contributed by atoms with Crippen molar-refractivity contribution >= 4 is 56.3 Å². The molecule has 2 N–H and O–H groups in total. The number of pyridine rings is 2. The van der Waals surface area contributed by atoms with E-state index < -0.39 is 0 Å². The van der Waals surface area contributed by atoms with E-state index in [1.54, 1.807) is 42.6 Å². The highest BCUT2D eigenvalue weighted by Crippen LogP contribution is 2.22. The van der Waals surface area contributed by atoms with Crippen LogP contribution in [-0.2, 0) is 0 Å². The largest absolute Gasteiger partial charge is 0.329 e. The lowest BCUT2D eigenvalue weighted by molar-refractivity contribution is 1.28. The molecule has 0 saturated heterocycles. The monoisotopic (exact) mass is 408 g/mol. The van der Waals surface area contributed by atoms with Crippen LogP contribution < -0.4 is 11.1 Å². The van der Waals surface area contributed by atoms with E-state index in [-0.39, 0.29) is 18.5 Å². The molecule has 2 heterocycles. The molecule has 4 rings (SSSR count). The molecule has 0 saturated carbocycles. The maximum Gasteiger partial charge on any atom is 0.255 e. The molecule has 0 aliphatic carbocycles. The van der Waals surface area contributed by atoms with Crippen LogP contribution in [-0.4, -0.2) is 9.97 Å². The van der Waals surface area contributed by atoms with E-state index in [2.05, 4.69) is 9.97 Å². The van der Waals surface area contributed by atoms with Gasteiger partial charge >= 0.3 is 0 Å². The Morgan fingerprint density at radius 1 is 0.692 bits per heavy atom. The van der Waals surface area contributed by atoms with Gasteiger partial charge < -0.3 is 9.97 Å². The smallest absolute Gasteiger partial charge is 0.255 e. The van der Waals surface area contributed by atoms with Gasteiger partial charge in [0.2, 0.25) is 0 Å². The highest BCUT2D eigenvalue weighted by Gasteiger charge is 2.02. The minimum absolute atomic E-state index is 0. The molecule has 0 bridgehead atoms. The number of hydrogen-bond acceptors (Lipinski definition) is 2. The lowest BCUT2D eigenvalue weighted by Gasteiger charge is -1.98. The standard InChI is InChI=1S/C9H5Cl2NO.C9H6ClNO.CH4/c10-5-1-2-6-7(3-5)8(11)4-12-9(6)13;10-7-1-2-8-6(5-7)3-4-11-9(8)12;/h1-4H,(H,12,13);1-5H,(H,11,12);1H4. The Hall–Kier alpha value is -2.27. The van der Waals surface area contributed by atoms with Gasteiger partial charge in [-0.1, -0.05) is 42.2 Å². The highest BCUT2D eigenvalue weighted by atomic mass is 35.5. The fourth-order valence-corrected chi connectivity index (χ4v) is 2.92. The summed E-state index contributed by atoms with van der Waals surface area (Å²) in [6.07, 6.45) is 3.07. The fraction of sp³-hybridized carbons (Fsp3) is 0.0526. The number of aromatic nitrogens is 2. The van der Waals surface area contributed by atoms with Gasteiger partial charge in [-0.2, -0.15) is 0 Å². The van der Waals surface area contributed by atoms with Crippen LogP contribution in [0.1, 0.15) is 7.43 Å². The quantitative estimate of drug-likeness (QED) is 0.394. The Labute approximate surface area is 164 Å². The second-order valence-electron chi connectivity index (χ2n) is 5.19. The molecular weight excluding hydrogens is 395 g/mol. The number of nitrogens with one attached hydrogen (secondary N) is 2. The summed E-state index contributed by atoms with van der Waals surface area (Å²) in [6, 6.07) is 12.0. The maximum atomic E-state index is 11.3. The van der Waals surface area contributed by atoms with Crippen LogP contribution in [0.2, 0.25) is 15.1 Å². The first-order valence-corrected chi connectivity index (χ1v) is 8.32. The first-order chi connectivity index (χ1) is 12.0. The molecule has 0 aliphatic rings. The number of benzene rings is 2. The van der Waals surface area contributed by atoms with E-state index in [0.717, 1.165) is 5.39 Å². The summed E-state index contributed by atoms with van der Waals surface area (Å²) < 4.78 is 0. The molecule has 2 aromatic heterocycles. The van der Waals surface area contributed by atoms with Gasteiger partial charge in [0.1, 0.15) is 0 Å². The summed E-state index contributed by atoms with van der Waals surface area (Å²) in [4.78, 5) is 27.6. The number of fused-ring (bicyclic) bond motifs is 2. The third kappa shape index (κ3) is 4.28. The molecule has 0 aliphatic heterocycles. The van der Waals surface area contributed by atoms with Crippen LogP contribution in [0.4, 0.5) is 0 Å². The van der Waals surface area contributed by atoms with Gasteiger partial charge in [-0.15, -0.1) is 0 Å². The molecule has 0 radical (unpaired) electrons. The first kappa shape index (κ1) is 20.0. The molecule has 4 nitrogen and oxygen atoms in total. The number of halogens is 3. The van der Waals surface area contributed by atoms with Gasteiger partial charge in [-0.25, -0.2) is 0 Å². The second kappa shape index (κ2) is 8.41. The summed E-state index contributed by atoms with van der Waals surface area (Å²) in [6.45, 7) is 0. The molecule has 0 spiro atoms. The van der Waals surface area contributed by atoms with E-state index in [1.807, 2.05) is 6.07 Å². The third-order valence-electron chi connectivity index (χ3n) is 3.55. The van der Waals surface area contributed by atoms with E-state index in [0.29, 0.717) is 31.2 Å². The third-order valence-corrected chi connectivity index (χ3v) is 4.33. The average Bonchev–Trinajstić information content (AvgIpc) is 2.59. The van der Waals surface area contributed by atoms with Gasteiger partial charge in [0, 0.05) is 38.6 Å². The Morgan fingerprint density at radius 2 is 1.31 bits per heavy atom. The Bertz CT molecular complexity index is 1180. The van der Waals surface area contributed by atoms with Crippen molar-refractivity contribution in [1.82, 2.24) is 9.97 Å². The zero-order valence-electron chi connectivity index (χ0n) is 12.6. The molecule has 0 atom stereocenters. The van der Waals surface area contributed by atoms with Gasteiger partial charge in [0.25, 0.3) is 11.1 Å². The summed E-state index contributed by atoms with van der Waals surface area (Å²) >= 11 is 17.4. The molecular formula is C19H15Cl3N2O2. The molecule has 26 heavy (non-hydrogen) atoms. The molecule has 0 amide bonds. The SMILES string of the molecule is C.O=c1[nH]cc(Cl)c2cc(Cl)ccc12.O=c1[nH]ccc2cc(Cl)ccc12. The van der Waals surface area contributed by atoms with Gasteiger partial charge in [0.05, 0.1) is 5.02 Å². The van der Waals surface area contributed by atoms with Crippen LogP contribution in [0, 0.1) is 0 Å². The molecule has 4 aromatic rings. The van der Waals surface area contributed by atoms with Crippen LogP contribution in [0.5, 0.6) is 0 Å². The molecule has 0 unspecified atom stereocenters. The lowest BCUT2D eigenvalue weighted by atomic mass is 10.2. The Kier molecular flexibility index (Phi) is 6.48. The summed E-state index contributed by atoms with van der Waals surface area (Å²) in [5.74, 6) is 0. The first-order valence-electron chi connectivity index (χ1n) is 7.19. The zero-order valence-corrected chi connectivity index (χ0v) is 14.9. The van der Waals surface area contributed by atoms with Crippen LogP contribution in [0.3, 0.4) is 0 Å². The van der Waals surface area contributed by atoms with Gasteiger partial charge in [0.15, 0.2) is 0 Å². The van der Waals surface area contributed by atoms with Crippen molar-refractivity contribution in [2.45, 2.75) is 7.43 Å². The predicted octanol–water partition coefficient (Wildman–Crippen LogP) is 5.65. The number of hydrogen-bond donors (Lipinski definition) is 2. The van der Waals surface area contributed by atoms with E-state index >= 15 is 0 Å². The normalized spacial score (nSPS) is 10.1. The van der Waals surface area contributed by atoms with Crippen molar-refractivity contribution in [1.29, 1.82) is 0 Å². The van der Waals surface area contributed by atoms with Crippen LogP contribution >= 0.6 is 34.8 Å². The molecule has 0 fully saturated rings. The van der Waals surface area contributed by atoms with E-state index in [1.165, 1.54) is 6.20 Å². The fourth-order valence-electron chi connectivity index (χ4n) is 2.36. The highest BCUT2D eigenvalue weighted by molar-refractivity contribution is 6.36. The number of rotatable bonds is 0. The average molecular weight is 410 g/mol. The number of H-pyrrole nitrogens is 2. The van der Waals surface area contributed by atoms with Crippen LogP contribution in [0.15, 0.2) is 64.4 Å². The van der Waals surface area contributed by atoms with Crippen molar-refractivity contribution in [2.75, 3.05) is 0 Å². The molecule has 2 aromatic carbocycles. The van der Waals surface area contributed by atoms with Gasteiger partial charge in [-0.05, 0) is 47.9 Å². The van der Waals surface area contributed by atoms with Crippen molar-refractivity contribution < 1.29 is 0 Å². The van der Waals surface area contributed by atoms with Crippen molar-refractivity contribution in [2.24, 2.45) is 0 Å². The number of aromatic amines is 2.